The second-order valence-electron chi connectivity index (χ2n) is 7.37. The van der Waals surface area contributed by atoms with Crippen LogP contribution in [0.3, 0.4) is 0 Å². The average molecular weight is 388 g/mol. The van der Waals surface area contributed by atoms with Gasteiger partial charge in [-0.2, -0.15) is 5.10 Å². The van der Waals surface area contributed by atoms with Crippen molar-refractivity contribution < 1.29 is 13.2 Å². The van der Waals surface area contributed by atoms with E-state index < -0.39 is 9.84 Å². The normalized spacial score (nSPS) is 21.1. The molecule has 0 radical (unpaired) electrons. The number of nitrogens with zero attached hydrogens (tertiary/aromatic N) is 3. The molecule has 1 atom stereocenters. The smallest absolute Gasteiger partial charge is 0.245 e. The van der Waals surface area contributed by atoms with Crippen LogP contribution >= 0.6 is 0 Å². The Balaban J connectivity index is 1.48. The molecule has 2 aliphatic rings. The van der Waals surface area contributed by atoms with E-state index in [4.69, 9.17) is 0 Å². The Kier molecular flexibility index (Phi) is 4.67. The van der Waals surface area contributed by atoms with Gasteiger partial charge in [0.25, 0.3) is 0 Å². The van der Waals surface area contributed by atoms with Gasteiger partial charge in [0.15, 0.2) is 9.84 Å². The highest BCUT2D eigenvalue weighted by Gasteiger charge is 2.31. The molecule has 4 rings (SSSR count). The molecule has 7 nitrogen and oxygen atoms in total. The number of hydrogen-bond donors (Lipinski definition) is 1. The Labute approximate surface area is 159 Å². The van der Waals surface area contributed by atoms with Gasteiger partial charge in [-0.25, -0.2) is 13.1 Å². The van der Waals surface area contributed by atoms with Crippen molar-refractivity contribution in [3.63, 3.8) is 0 Å². The van der Waals surface area contributed by atoms with Crippen LogP contribution in [0.2, 0.25) is 0 Å². The van der Waals surface area contributed by atoms with E-state index >= 15 is 0 Å². The first-order valence-corrected chi connectivity index (χ1v) is 11.1. The van der Waals surface area contributed by atoms with Gasteiger partial charge in [-0.15, -0.1) is 0 Å². The molecular weight excluding hydrogens is 364 g/mol. The maximum Gasteiger partial charge on any atom is 0.245 e. The third kappa shape index (κ3) is 3.85. The summed E-state index contributed by atoms with van der Waals surface area (Å²) in [5.74, 6) is 0.712. The number of carbonyl (C=O) groups is 1. The van der Waals surface area contributed by atoms with Crippen LogP contribution in [-0.2, 0) is 21.1 Å². The van der Waals surface area contributed by atoms with E-state index in [9.17, 15) is 13.2 Å². The SMILES string of the molecule is Cc1cc(NC(=O)CN2CCCc3ccccc32)n([C@@H]2CCS(=O)(=O)C2)n1. The molecule has 1 N–H and O–H groups in total. The van der Waals surface area contributed by atoms with Gasteiger partial charge in [0.05, 0.1) is 29.8 Å². The lowest BCUT2D eigenvalue weighted by atomic mass is 10.0. The second kappa shape index (κ2) is 6.99. The van der Waals surface area contributed by atoms with Crippen LogP contribution in [0.5, 0.6) is 0 Å². The van der Waals surface area contributed by atoms with Crippen molar-refractivity contribution in [1.82, 2.24) is 9.78 Å². The van der Waals surface area contributed by atoms with E-state index in [2.05, 4.69) is 27.4 Å². The van der Waals surface area contributed by atoms with Crippen molar-refractivity contribution in [3.05, 3.63) is 41.6 Å². The monoisotopic (exact) mass is 388 g/mol. The van der Waals surface area contributed by atoms with Crippen molar-refractivity contribution in [2.75, 3.05) is 34.8 Å². The number of anilines is 2. The predicted octanol–water partition coefficient (Wildman–Crippen LogP) is 1.94. The summed E-state index contributed by atoms with van der Waals surface area (Å²) in [7, 11) is -3.02. The number of nitrogens with one attached hydrogen (secondary N) is 1. The Morgan fingerprint density at radius 1 is 1.33 bits per heavy atom. The Bertz CT molecular complexity index is 967. The summed E-state index contributed by atoms with van der Waals surface area (Å²) in [6, 6.07) is 9.77. The number of rotatable bonds is 4. The molecule has 8 heteroatoms. The molecule has 1 aromatic heterocycles. The molecule has 1 amide bonds. The van der Waals surface area contributed by atoms with Gasteiger partial charge in [0.2, 0.25) is 5.91 Å². The highest BCUT2D eigenvalue weighted by molar-refractivity contribution is 7.91. The first kappa shape index (κ1) is 18.0. The highest BCUT2D eigenvalue weighted by Crippen LogP contribution is 2.28. The van der Waals surface area contributed by atoms with E-state index in [1.807, 2.05) is 19.1 Å². The van der Waals surface area contributed by atoms with Crippen LogP contribution in [-0.4, -0.2) is 48.7 Å². The molecule has 0 spiro atoms. The number of amides is 1. The number of hydrogen-bond acceptors (Lipinski definition) is 5. The van der Waals surface area contributed by atoms with Crippen molar-refractivity contribution in [2.45, 2.75) is 32.2 Å². The molecule has 1 fully saturated rings. The summed E-state index contributed by atoms with van der Waals surface area (Å²) in [4.78, 5) is 14.8. The van der Waals surface area contributed by atoms with Gasteiger partial charge >= 0.3 is 0 Å². The van der Waals surface area contributed by atoms with E-state index in [1.54, 1.807) is 10.7 Å². The first-order valence-electron chi connectivity index (χ1n) is 9.30. The number of sulfone groups is 1. The van der Waals surface area contributed by atoms with Gasteiger partial charge in [-0.3, -0.25) is 4.79 Å². The molecule has 2 aliphatic heterocycles. The minimum Gasteiger partial charge on any atom is -0.362 e. The molecular formula is C19H24N4O3S. The molecule has 0 saturated carbocycles. The Morgan fingerprint density at radius 2 is 2.15 bits per heavy atom. The van der Waals surface area contributed by atoms with Crippen LogP contribution in [0, 0.1) is 6.92 Å². The zero-order chi connectivity index (χ0) is 19.0. The first-order chi connectivity index (χ1) is 12.9. The highest BCUT2D eigenvalue weighted by atomic mass is 32.2. The van der Waals surface area contributed by atoms with Crippen molar-refractivity contribution in [3.8, 4) is 0 Å². The zero-order valence-corrected chi connectivity index (χ0v) is 16.2. The summed E-state index contributed by atoms with van der Waals surface area (Å²) in [6.45, 7) is 2.96. The number of aryl methyl sites for hydroxylation is 2. The quantitative estimate of drug-likeness (QED) is 0.865. The third-order valence-electron chi connectivity index (χ3n) is 5.22. The lowest BCUT2D eigenvalue weighted by Crippen LogP contribution is -2.37. The van der Waals surface area contributed by atoms with Gasteiger partial charge in [0.1, 0.15) is 5.82 Å². The van der Waals surface area contributed by atoms with Crippen molar-refractivity contribution >= 4 is 27.2 Å². The molecule has 27 heavy (non-hydrogen) atoms. The molecule has 0 unspecified atom stereocenters. The van der Waals surface area contributed by atoms with Crippen LogP contribution in [0.1, 0.15) is 30.1 Å². The molecule has 144 valence electrons. The van der Waals surface area contributed by atoms with Crippen LogP contribution < -0.4 is 10.2 Å². The zero-order valence-electron chi connectivity index (χ0n) is 15.4. The lowest BCUT2D eigenvalue weighted by Gasteiger charge is -2.30. The molecule has 1 saturated heterocycles. The third-order valence-corrected chi connectivity index (χ3v) is 6.97. The summed E-state index contributed by atoms with van der Waals surface area (Å²) in [5, 5.41) is 7.36. The Hall–Kier alpha value is -2.35. The fourth-order valence-electron chi connectivity index (χ4n) is 3.99. The fourth-order valence-corrected chi connectivity index (χ4v) is 5.68. The average Bonchev–Trinajstić information content (AvgIpc) is 3.17. The molecule has 0 bridgehead atoms. The topological polar surface area (TPSA) is 84.3 Å². The Morgan fingerprint density at radius 3 is 2.93 bits per heavy atom. The largest absolute Gasteiger partial charge is 0.362 e. The molecule has 1 aromatic carbocycles. The number of fused-ring (bicyclic) bond motifs is 1. The number of carbonyl (C=O) groups excluding carboxylic acids is 1. The van der Waals surface area contributed by atoms with Gasteiger partial charge in [-0.05, 0) is 37.8 Å². The standard InChI is InChI=1S/C19H24N4O3S/c1-14-11-18(23(21-14)16-8-10-27(25,26)13-16)20-19(24)12-22-9-4-6-15-5-2-3-7-17(15)22/h2-3,5,7,11,16H,4,6,8-10,12-13H2,1H3,(H,20,24)/t16-/m1/s1. The van der Waals surface area contributed by atoms with E-state index in [0.29, 0.717) is 12.2 Å². The van der Waals surface area contributed by atoms with Crippen molar-refractivity contribution in [2.24, 2.45) is 0 Å². The maximum absolute atomic E-state index is 12.7. The van der Waals surface area contributed by atoms with Crippen molar-refractivity contribution in [1.29, 1.82) is 0 Å². The summed E-state index contributed by atoms with van der Waals surface area (Å²) in [5.41, 5.74) is 3.15. The van der Waals surface area contributed by atoms with Crippen LogP contribution in [0.4, 0.5) is 11.5 Å². The number of aromatic nitrogens is 2. The van der Waals surface area contributed by atoms with Crippen LogP contribution in [0.25, 0.3) is 0 Å². The van der Waals surface area contributed by atoms with E-state index in [-0.39, 0.29) is 30.0 Å². The molecule has 0 aliphatic carbocycles. The summed E-state index contributed by atoms with van der Waals surface area (Å²) >= 11 is 0. The van der Waals surface area contributed by atoms with E-state index in [0.717, 1.165) is 30.8 Å². The minimum atomic E-state index is -3.02. The second-order valence-corrected chi connectivity index (χ2v) is 9.60. The van der Waals surface area contributed by atoms with Crippen LogP contribution in [0.15, 0.2) is 30.3 Å². The lowest BCUT2D eigenvalue weighted by molar-refractivity contribution is -0.115. The molecule has 2 aromatic rings. The summed E-state index contributed by atoms with van der Waals surface area (Å²) in [6.07, 6.45) is 2.60. The number of para-hydroxylation sites is 1. The summed E-state index contributed by atoms with van der Waals surface area (Å²) < 4.78 is 25.3. The maximum atomic E-state index is 12.7. The minimum absolute atomic E-state index is 0.0799. The number of benzene rings is 1. The fraction of sp³-hybridized carbons (Fsp3) is 0.474. The van der Waals surface area contributed by atoms with Gasteiger partial charge in [0, 0.05) is 18.3 Å². The predicted molar refractivity (Wildman–Crippen MR) is 105 cm³/mol. The van der Waals surface area contributed by atoms with E-state index in [1.165, 1.54) is 5.56 Å². The molecule has 3 heterocycles. The van der Waals surface area contributed by atoms with Gasteiger partial charge in [-0.1, -0.05) is 18.2 Å². The van der Waals surface area contributed by atoms with Gasteiger partial charge < -0.3 is 10.2 Å².